The summed E-state index contributed by atoms with van der Waals surface area (Å²) in [7, 11) is -2.50. The Morgan fingerprint density at radius 1 is 0.846 bits per heavy atom. The van der Waals surface area contributed by atoms with E-state index in [0.717, 1.165) is 0 Å². The van der Waals surface area contributed by atoms with E-state index in [9.17, 15) is 0 Å². The van der Waals surface area contributed by atoms with Crippen LogP contribution in [0.4, 0.5) is 0 Å². The summed E-state index contributed by atoms with van der Waals surface area (Å²) in [6, 6.07) is 21.4. The molecule has 0 aromatic heterocycles. The molecule has 2 aliphatic heterocycles. The van der Waals surface area contributed by atoms with Crippen LogP contribution in [0.5, 0.6) is 0 Å². The van der Waals surface area contributed by atoms with Gasteiger partial charge in [0.25, 0.3) is 8.32 Å². The fourth-order valence-corrected chi connectivity index (χ4v) is 8.66. The van der Waals surface area contributed by atoms with Crippen molar-refractivity contribution >= 4 is 18.7 Å². The van der Waals surface area contributed by atoms with E-state index < -0.39 is 8.32 Å². The van der Waals surface area contributed by atoms with Crippen molar-refractivity contribution in [1.82, 2.24) is 0 Å². The minimum atomic E-state index is -2.50. The zero-order valence-electron chi connectivity index (χ0n) is 15.6. The lowest BCUT2D eigenvalue weighted by Gasteiger charge is -2.43. The lowest BCUT2D eigenvalue weighted by Crippen LogP contribution is -2.67. The van der Waals surface area contributed by atoms with Crippen LogP contribution in [-0.2, 0) is 13.9 Å². The van der Waals surface area contributed by atoms with Crippen LogP contribution in [0.25, 0.3) is 0 Å². The Hall–Kier alpha value is -1.72. The molecule has 0 saturated carbocycles. The van der Waals surface area contributed by atoms with Gasteiger partial charge < -0.3 is 13.9 Å². The zero-order chi connectivity index (χ0) is 18.2. The molecular weight excluding hydrogens is 340 g/mol. The van der Waals surface area contributed by atoms with Crippen LogP contribution in [0.1, 0.15) is 20.8 Å². The third-order valence-electron chi connectivity index (χ3n) is 5.31. The molecular formula is C22H26O3Si. The molecule has 0 amide bonds. The van der Waals surface area contributed by atoms with E-state index in [1.54, 1.807) is 0 Å². The van der Waals surface area contributed by atoms with Gasteiger partial charge in [-0.2, -0.15) is 0 Å². The number of ether oxygens (including phenoxy) is 2. The molecule has 2 heterocycles. The van der Waals surface area contributed by atoms with E-state index in [1.807, 2.05) is 6.08 Å². The van der Waals surface area contributed by atoms with Crippen molar-refractivity contribution in [3.05, 3.63) is 72.8 Å². The van der Waals surface area contributed by atoms with Gasteiger partial charge in [-0.3, -0.25) is 0 Å². The van der Waals surface area contributed by atoms with Crippen molar-refractivity contribution in [2.24, 2.45) is 0 Å². The second-order valence-corrected chi connectivity index (χ2v) is 12.3. The molecule has 0 radical (unpaired) electrons. The Morgan fingerprint density at radius 3 is 1.85 bits per heavy atom. The Labute approximate surface area is 156 Å². The lowest BCUT2D eigenvalue weighted by molar-refractivity contribution is -0.0258. The van der Waals surface area contributed by atoms with Crippen LogP contribution in [0.15, 0.2) is 72.8 Å². The molecule has 0 unspecified atom stereocenters. The van der Waals surface area contributed by atoms with Crippen LogP contribution in [0.2, 0.25) is 5.04 Å². The highest BCUT2D eigenvalue weighted by atomic mass is 28.4. The summed E-state index contributed by atoms with van der Waals surface area (Å²) >= 11 is 0. The fourth-order valence-electron chi connectivity index (χ4n) is 4.09. The maximum Gasteiger partial charge on any atom is 0.261 e. The molecule has 3 nitrogen and oxygen atoms in total. The van der Waals surface area contributed by atoms with Crippen molar-refractivity contribution in [3.8, 4) is 0 Å². The van der Waals surface area contributed by atoms with Gasteiger partial charge in [-0.25, -0.2) is 0 Å². The molecule has 0 N–H and O–H groups in total. The third kappa shape index (κ3) is 2.97. The van der Waals surface area contributed by atoms with Gasteiger partial charge in [0.1, 0.15) is 12.2 Å². The lowest BCUT2D eigenvalue weighted by atomic mass is 10.2. The summed E-state index contributed by atoms with van der Waals surface area (Å²) < 4.78 is 18.6. The van der Waals surface area contributed by atoms with Crippen LogP contribution >= 0.6 is 0 Å². The maximum atomic E-state index is 6.90. The first-order valence-electron chi connectivity index (χ1n) is 9.25. The molecule has 136 valence electrons. The molecule has 3 atom stereocenters. The second-order valence-electron chi connectivity index (χ2n) is 8.00. The summed E-state index contributed by atoms with van der Waals surface area (Å²) in [6.45, 7) is 7.41. The Kier molecular flexibility index (Phi) is 4.61. The van der Waals surface area contributed by atoms with E-state index in [1.165, 1.54) is 10.4 Å². The van der Waals surface area contributed by atoms with E-state index in [-0.39, 0.29) is 23.5 Å². The maximum absolute atomic E-state index is 6.90. The summed E-state index contributed by atoms with van der Waals surface area (Å²) in [5.41, 5.74) is 0. The average molecular weight is 367 g/mol. The SMILES string of the molecule is CC(C)(C)[Si](OC[C@H]1O[C@H]2C=C[C@H]1O2)(c1ccccc1)c1ccccc1. The summed E-state index contributed by atoms with van der Waals surface area (Å²) in [5.74, 6) is 0. The molecule has 1 saturated heterocycles. The van der Waals surface area contributed by atoms with Gasteiger partial charge in [-0.15, -0.1) is 0 Å². The zero-order valence-corrected chi connectivity index (χ0v) is 16.6. The smallest absolute Gasteiger partial charge is 0.261 e. The predicted octanol–water partition coefficient (Wildman–Crippen LogP) is 3.24. The van der Waals surface area contributed by atoms with Crippen molar-refractivity contribution in [3.63, 3.8) is 0 Å². The number of benzene rings is 2. The molecule has 2 aromatic carbocycles. The highest BCUT2D eigenvalue weighted by Gasteiger charge is 2.51. The normalized spacial score (nSPS) is 25.0. The van der Waals surface area contributed by atoms with E-state index in [0.29, 0.717) is 6.61 Å². The van der Waals surface area contributed by atoms with Crippen molar-refractivity contribution in [2.75, 3.05) is 6.61 Å². The van der Waals surface area contributed by atoms with Gasteiger partial charge in [-0.1, -0.05) is 87.5 Å². The topological polar surface area (TPSA) is 27.7 Å². The van der Waals surface area contributed by atoms with E-state index >= 15 is 0 Å². The first kappa shape index (κ1) is 17.7. The predicted molar refractivity (Wildman–Crippen MR) is 106 cm³/mol. The molecule has 2 aromatic rings. The third-order valence-corrected chi connectivity index (χ3v) is 10.3. The van der Waals surface area contributed by atoms with Crippen LogP contribution in [0, 0.1) is 0 Å². The minimum absolute atomic E-state index is 0.0122. The quantitative estimate of drug-likeness (QED) is 0.601. The molecule has 2 bridgehead atoms. The number of hydrogen-bond donors (Lipinski definition) is 0. The molecule has 4 heteroatoms. The monoisotopic (exact) mass is 366 g/mol. The van der Waals surface area contributed by atoms with Gasteiger partial charge in [0.15, 0.2) is 6.29 Å². The van der Waals surface area contributed by atoms with Crippen molar-refractivity contribution in [2.45, 2.75) is 44.3 Å². The Balaban J connectivity index is 1.74. The van der Waals surface area contributed by atoms with Crippen LogP contribution < -0.4 is 10.4 Å². The molecule has 26 heavy (non-hydrogen) atoms. The highest BCUT2D eigenvalue weighted by Crippen LogP contribution is 2.37. The number of hydrogen-bond acceptors (Lipinski definition) is 3. The molecule has 0 spiro atoms. The Morgan fingerprint density at radius 2 is 1.42 bits per heavy atom. The molecule has 0 aliphatic carbocycles. The van der Waals surface area contributed by atoms with Crippen molar-refractivity contribution < 1.29 is 13.9 Å². The largest absolute Gasteiger partial charge is 0.405 e. The Bertz CT molecular complexity index is 727. The van der Waals surface area contributed by atoms with E-state index in [2.05, 4.69) is 87.5 Å². The van der Waals surface area contributed by atoms with Gasteiger partial charge in [0, 0.05) is 0 Å². The number of rotatable bonds is 5. The number of fused-ring (bicyclic) bond motifs is 2. The summed E-state index contributed by atoms with van der Waals surface area (Å²) in [4.78, 5) is 0. The summed E-state index contributed by atoms with van der Waals surface area (Å²) in [6.07, 6.45) is 3.84. The van der Waals surface area contributed by atoms with Crippen molar-refractivity contribution in [1.29, 1.82) is 0 Å². The van der Waals surface area contributed by atoms with Gasteiger partial charge in [0.05, 0.1) is 6.61 Å². The van der Waals surface area contributed by atoms with Crippen LogP contribution in [0.3, 0.4) is 0 Å². The molecule has 1 fully saturated rings. The average Bonchev–Trinajstić information content (AvgIpc) is 3.26. The van der Waals surface area contributed by atoms with Gasteiger partial charge in [-0.05, 0) is 21.5 Å². The molecule has 4 rings (SSSR count). The van der Waals surface area contributed by atoms with Gasteiger partial charge >= 0.3 is 0 Å². The first-order valence-corrected chi connectivity index (χ1v) is 11.2. The minimum Gasteiger partial charge on any atom is -0.405 e. The fraction of sp³-hybridized carbons (Fsp3) is 0.364. The van der Waals surface area contributed by atoms with Gasteiger partial charge in [0.2, 0.25) is 0 Å². The standard InChI is InChI=1S/C22H26O3Si/c1-22(2,3)26(17-10-6-4-7-11-17,18-12-8-5-9-13-18)23-16-20-19-14-15-21(24-19)25-20/h4-15,19-21H,16H2,1-3H3/t19-,20-,21+/m1/s1. The van der Waals surface area contributed by atoms with Crippen LogP contribution in [-0.4, -0.2) is 33.4 Å². The summed E-state index contributed by atoms with van der Waals surface area (Å²) in [5, 5.41) is 2.56. The van der Waals surface area contributed by atoms with E-state index in [4.69, 9.17) is 13.9 Å². The highest BCUT2D eigenvalue weighted by molar-refractivity contribution is 6.99. The first-order chi connectivity index (χ1) is 12.5. The second kappa shape index (κ2) is 6.78. The molecule has 2 aliphatic rings.